The molecule has 0 bridgehead atoms. The van der Waals surface area contributed by atoms with Gasteiger partial charge in [0, 0.05) is 6.54 Å². The van der Waals surface area contributed by atoms with E-state index >= 15 is 0 Å². The molecule has 3 nitrogen and oxygen atoms in total. The molecule has 0 amide bonds. The van der Waals surface area contributed by atoms with E-state index < -0.39 is 0 Å². The fourth-order valence-corrected chi connectivity index (χ4v) is 1.63. The molecule has 0 heterocycles. The van der Waals surface area contributed by atoms with Gasteiger partial charge in [0.1, 0.15) is 5.75 Å². The first-order valence-corrected chi connectivity index (χ1v) is 5.71. The van der Waals surface area contributed by atoms with Gasteiger partial charge in [-0.25, -0.2) is 0 Å². The fraction of sp³-hybridized carbons (Fsp3) is 0.538. The van der Waals surface area contributed by atoms with Crippen molar-refractivity contribution in [2.75, 3.05) is 27.2 Å². The highest BCUT2D eigenvalue weighted by atomic mass is 16.3. The zero-order valence-corrected chi connectivity index (χ0v) is 10.4. The maximum absolute atomic E-state index is 9.75. The molecule has 0 spiro atoms. The minimum Gasteiger partial charge on any atom is -0.508 e. The second kappa shape index (κ2) is 5.87. The van der Waals surface area contributed by atoms with Gasteiger partial charge in [0.05, 0.1) is 0 Å². The molecule has 0 aliphatic heterocycles. The summed E-state index contributed by atoms with van der Waals surface area (Å²) in [4.78, 5) is 2.15. The lowest BCUT2D eigenvalue weighted by atomic mass is 9.97. The molecule has 1 aromatic rings. The number of rotatable bonds is 5. The molecule has 3 N–H and O–H groups in total. The van der Waals surface area contributed by atoms with Gasteiger partial charge < -0.3 is 15.7 Å². The van der Waals surface area contributed by atoms with Crippen molar-refractivity contribution >= 4 is 0 Å². The minimum atomic E-state index is 0.208. The summed E-state index contributed by atoms with van der Waals surface area (Å²) in [6.07, 6.45) is 0.998. The molecule has 0 saturated heterocycles. The van der Waals surface area contributed by atoms with E-state index in [2.05, 4.69) is 25.1 Å². The smallest absolute Gasteiger partial charge is 0.119 e. The number of phenols is 1. The molecule has 0 aliphatic rings. The molecule has 1 rings (SSSR count). The average molecular weight is 222 g/mol. The Bertz CT molecular complexity index is 337. The van der Waals surface area contributed by atoms with Gasteiger partial charge in [-0.2, -0.15) is 0 Å². The zero-order valence-electron chi connectivity index (χ0n) is 10.4. The number of hydrogen-bond acceptors (Lipinski definition) is 3. The lowest BCUT2D eigenvalue weighted by Gasteiger charge is -2.14. The summed E-state index contributed by atoms with van der Waals surface area (Å²) in [6.45, 7) is 3.61. The molecule has 0 aromatic heterocycles. The molecule has 0 aliphatic carbocycles. The van der Waals surface area contributed by atoms with Gasteiger partial charge in [0.15, 0.2) is 0 Å². The molecule has 1 aromatic carbocycles. The quantitative estimate of drug-likeness (QED) is 0.795. The third-order valence-electron chi connectivity index (χ3n) is 2.82. The van der Waals surface area contributed by atoms with Crippen molar-refractivity contribution in [1.29, 1.82) is 0 Å². The second-order valence-electron chi connectivity index (χ2n) is 4.58. The van der Waals surface area contributed by atoms with E-state index in [1.807, 2.05) is 13.0 Å². The van der Waals surface area contributed by atoms with Crippen molar-refractivity contribution < 1.29 is 5.11 Å². The number of benzene rings is 1. The van der Waals surface area contributed by atoms with Crippen LogP contribution in [0.15, 0.2) is 18.2 Å². The van der Waals surface area contributed by atoms with Gasteiger partial charge in [-0.1, -0.05) is 19.1 Å². The maximum Gasteiger partial charge on any atom is 0.119 e. The van der Waals surface area contributed by atoms with Crippen LogP contribution in [-0.2, 0) is 6.42 Å². The van der Waals surface area contributed by atoms with Crippen LogP contribution in [0.5, 0.6) is 5.75 Å². The second-order valence-corrected chi connectivity index (χ2v) is 4.58. The van der Waals surface area contributed by atoms with Gasteiger partial charge in [-0.15, -0.1) is 0 Å². The van der Waals surface area contributed by atoms with Crippen molar-refractivity contribution in [2.45, 2.75) is 19.3 Å². The highest BCUT2D eigenvalue weighted by molar-refractivity contribution is 5.38. The molecule has 16 heavy (non-hydrogen) atoms. The van der Waals surface area contributed by atoms with E-state index in [9.17, 15) is 5.11 Å². The Labute approximate surface area is 97.9 Å². The number of nitrogens with two attached hydrogens (primary N) is 1. The highest BCUT2D eigenvalue weighted by Gasteiger charge is 2.09. The number of phenolic OH excluding ortho intramolecular Hbond substituents is 1. The molecule has 0 saturated carbocycles. The number of hydrogen-bond donors (Lipinski definition) is 2. The lowest BCUT2D eigenvalue weighted by molar-refractivity contribution is 0.413. The Morgan fingerprint density at radius 3 is 2.62 bits per heavy atom. The first-order chi connectivity index (χ1) is 7.54. The predicted octanol–water partition coefficient (Wildman–Crippen LogP) is 1.56. The molecular weight excluding hydrogens is 200 g/mol. The summed E-state index contributed by atoms with van der Waals surface area (Å²) in [7, 11) is 4.12. The van der Waals surface area contributed by atoms with Crippen molar-refractivity contribution in [3.05, 3.63) is 29.3 Å². The fourth-order valence-electron chi connectivity index (χ4n) is 1.63. The lowest BCUT2D eigenvalue weighted by Crippen LogP contribution is -2.15. The third-order valence-corrected chi connectivity index (χ3v) is 2.82. The molecular formula is C13H22N2O. The van der Waals surface area contributed by atoms with E-state index in [0.29, 0.717) is 12.3 Å². The molecule has 3 heteroatoms. The first-order valence-electron chi connectivity index (χ1n) is 5.71. The van der Waals surface area contributed by atoms with E-state index in [0.717, 1.165) is 18.5 Å². The Hall–Kier alpha value is -1.06. The van der Waals surface area contributed by atoms with Crippen molar-refractivity contribution in [3.8, 4) is 5.75 Å². The summed E-state index contributed by atoms with van der Waals surface area (Å²) in [5.41, 5.74) is 7.83. The number of aromatic hydroxyl groups is 1. The van der Waals surface area contributed by atoms with Crippen LogP contribution in [0.2, 0.25) is 0 Å². The van der Waals surface area contributed by atoms with E-state index in [4.69, 9.17) is 5.73 Å². The van der Waals surface area contributed by atoms with Gasteiger partial charge in [-0.3, -0.25) is 0 Å². The van der Waals surface area contributed by atoms with Crippen LogP contribution in [0, 0.1) is 0 Å². The standard InChI is InChI=1S/C13H22N2O/c1-10(9-14)12-8-11(4-5-13(12)16)6-7-15(2)3/h4-5,8,10,16H,6-7,9,14H2,1-3H3. The summed E-state index contributed by atoms with van der Waals surface area (Å²) >= 11 is 0. The highest BCUT2D eigenvalue weighted by Crippen LogP contribution is 2.26. The van der Waals surface area contributed by atoms with Crippen LogP contribution < -0.4 is 5.73 Å². The largest absolute Gasteiger partial charge is 0.508 e. The van der Waals surface area contributed by atoms with Crippen LogP contribution in [0.25, 0.3) is 0 Å². The Kier molecular flexibility index (Phi) is 4.77. The van der Waals surface area contributed by atoms with Crippen molar-refractivity contribution in [3.63, 3.8) is 0 Å². The van der Waals surface area contributed by atoms with Crippen LogP contribution in [0.4, 0.5) is 0 Å². The molecule has 1 atom stereocenters. The van der Waals surface area contributed by atoms with E-state index in [1.165, 1.54) is 5.56 Å². The summed E-state index contributed by atoms with van der Waals surface area (Å²) in [6, 6.07) is 5.81. The molecule has 0 fully saturated rings. The summed E-state index contributed by atoms with van der Waals surface area (Å²) < 4.78 is 0. The monoisotopic (exact) mass is 222 g/mol. The minimum absolute atomic E-state index is 0.208. The predicted molar refractivity (Wildman–Crippen MR) is 67.8 cm³/mol. The van der Waals surface area contributed by atoms with Crippen LogP contribution in [0.3, 0.4) is 0 Å². The first kappa shape index (κ1) is 13.0. The van der Waals surface area contributed by atoms with Crippen molar-refractivity contribution in [1.82, 2.24) is 4.90 Å². The molecule has 1 unspecified atom stereocenters. The van der Waals surface area contributed by atoms with Crippen LogP contribution in [-0.4, -0.2) is 37.2 Å². The average Bonchev–Trinajstić information content (AvgIpc) is 2.27. The summed E-state index contributed by atoms with van der Waals surface area (Å²) in [5, 5.41) is 9.75. The van der Waals surface area contributed by atoms with Gasteiger partial charge in [-0.05, 0) is 50.2 Å². The Balaban J connectivity index is 2.81. The SMILES string of the molecule is CC(CN)c1cc(CCN(C)C)ccc1O. The topological polar surface area (TPSA) is 49.5 Å². The van der Waals surface area contributed by atoms with E-state index in [1.54, 1.807) is 6.07 Å². The van der Waals surface area contributed by atoms with E-state index in [-0.39, 0.29) is 5.92 Å². The summed E-state index contributed by atoms with van der Waals surface area (Å²) in [5.74, 6) is 0.561. The number of likely N-dealkylation sites (N-methyl/N-ethyl adjacent to an activating group) is 1. The third kappa shape index (κ3) is 3.51. The van der Waals surface area contributed by atoms with Gasteiger partial charge >= 0.3 is 0 Å². The normalized spacial score (nSPS) is 13.1. The van der Waals surface area contributed by atoms with Gasteiger partial charge in [0.25, 0.3) is 0 Å². The Morgan fingerprint density at radius 2 is 2.06 bits per heavy atom. The van der Waals surface area contributed by atoms with Crippen LogP contribution in [0.1, 0.15) is 24.0 Å². The van der Waals surface area contributed by atoms with Gasteiger partial charge in [0.2, 0.25) is 0 Å². The van der Waals surface area contributed by atoms with Crippen molar-refractivity contribution in [2.24, 2.45) is 5.73 Å². The molecule has 0 radical (unpaired) electrons. The van der Waals surface area contributed by atoms with Crippen LogP contribution >= 0.6 is 0 Å². The zero-order chi connectivity index (χ0) is 12.1. The Morgan fingerprint density at radius 1 is 1.38 bits per heavy atom. The maximum atomic E-state index is 9.75. The number of nitrogens with zero attached hydrogens (tertiary/aromatic N) is 1. The molecule has 90 valence electrons.